The van der Waals surface area contributed by atoms with Crippen LogP contribution in [-0.4, -0.2) is 55.4 Å². The zero-order valence-corrected chi connectivity index (χ0v) is 18.4. The molecule has 1 N–H and O–H groups in total. The molecule has 2 aliphatic carbocycles. The van der Waals surface area contributed by atoms with Crippen LogP contribution >= 0.6 is 0 Å². The topological polar surface area (TPSA) is 60.9 Å². The molecule has 5 nitrogen and oxygen atoms in total. The summed E-state index contributed by atoms with van der Waals surface area (Å²) in [6.07, 6.45) is 2.11. The second-order valence-corrected chi connectivity index (χ2v) is 11.7. The van der Waals surface area contributed by atoms with Crippen molar-refractivity contribution in [3.8, 4) is 0 Å². The second-order valence-electron chi connectivity index (χ2n) is 9.81. The Kier molecular flexibility index (Phi) is 4.83. The number of aliphatic hydroxyl groups excluding tert-OH is 1. The maximum Gasteiger partial charge on any atom is 0.215 e. The minimum absolute atomic E-state index is 0.0754. The molecule has 156 valence electrons. The number of hydrogen-bond donors (Lipinski definition) is 1. The van der Waals surface area contributed by atoms with E-state index in [9.17, 15) is 13.5 Å². The van der Waals surface area contributed by atoms with Gasteiger partial charge >= 0.3 is 0 Å². The van der Waals surface area contributed by atoms with Crippen LogP contribution in [-0.2, 0) is 10.0 Å². The Labute approximate surface area is 169 Å². The first-order valence-corrected chi connectivity index (χ1v) is 12.2. The predicted octanol–water partition coefficient (Wildman–Crippen LogP) is 3.02. The molecule has 6 heteroatoms. The number of fused-ring (bicyclic) bond motifs is 2. The van der Waals surface area contributed by atoms with Gasteiger partial charge in [0.15, 0.2) is 0 Å². The average molecular weight is 407 g/mol. The van der Waals surface area contributed by atoms with Crippen molar-refractivity contribution in [2.24, 2.45) is 16.7 Å². The van der Waals surface area contributed by atoms with Crippen molar-refractivity contribution < 1.29 is 13.5 Å². The average Bonchev–Trinajstić information content (AvgIpc) is 2.95. The van der Waals surface area contributed by atoms with Gasteiger partial charge in [-0.15, -0.1) is 0 Å². The summed E-state index contributed by atoms with van der Waals surface area (Å²) in [4.78, 5) is 2.30. The number of piperazine rings is 1. The second kappa shape index (κ2) is 6.71. The number of rotatable bonds is 4. The highest BCUT2D eigenvalue weighted by Gasteiger charge is 2.65. The first-order valence-electron chi connectivity index (χ1n) is 10.6. The predicted molar refractivity (Wildman–Crippen MR) is 113 cm³/mol. The normalized spacial score (nSPS) is 35.5. The molecule has 0 amide bonds. The molecule has 3 fully saturated rings. The zero-order chi connectivity index (χ0) is 20.3. The van der Waals surface area contributed by atoms with Gasteiger partial charge < -0.3 is 10.0 Å². The van der Waals surface area contributed by atoms with Crippen molar-refractivity contribution in [2.45, 2.75) is 59.1 Å². The van der Waals surface area contributed by atoms with E-state index >= 15 is 0 Å². The van der Waals surface area contributed by atoms with Gasteiger partial charge in [0.1, 0.15) is 0 Å². The molecule has 0 radical (unpaired) electrons. The van der Waals surface area contributed by atoms with E-state index < -0.39 is 21.5 Å². The van der Waals surface area contributed by atoms with E-state index in [2.05, 4.69) is 37.8 Å². The highest BCUT2D eigenvalue weighted by molar-refractivity contribution is 7.89. The molecule has 1 aromatic carbocycles. The molecule has 4 atom stereocenters. The summed E-state index contributed by atoms with van der Waals surface area (Å²) in [6.45, 7) is 10.3. The lowest BCUT2D eigenvalue weighted by atomic mass is 9.70. The van der Waals surface area contributed by atoms with Crippen LogP contribution in [0.5, 0.6) is 0 Å². The van der Waals surface area contributed by atoms with Crippen LogP contribution < -0.4 is 4.90 Å². The lowest BCUT2D eigenvalue weighted by Gasteiger charge is -2.44. The van der Waals surface area contributed by atoms with Crippen molar-refractivity contribution >= 4 is 15.7 Å². The molecule has 1 heterocycles. The number of sulfonamides is 1. The highest BCUT2D eigenvalue weighted by Crippen LogP contribution is 2.66. The number of hydrogen-bond acceptors (Lipinski definition) is 4. The zero-order valence-electron chi connectivity index (χ0n) is 17.6. The van der Waals surface area contributed by atoms with E-state index in [-0.39, 0.29) is 17.2 Å². The molecule has 3 aliphatic rings. The quantitative estimate of drug-likeness (QED) is 0.835. The van der Waals surface area contributed by atoms with Crippen LogP contribution in [0.4, 0.5) is 5.69 Å². The van der Waals surface area contributed by atoms with Crippen molar-refractivity contribution in [1.82, 2.24) is 4.31 Å². The summed E-state index contributed by atoms with van der Waals surface area (Å²) in [6, 6.07) is 8.21. The summed E-state index contributed by atoms with van der Waals surface area (Å²) in [7, 11) is -3.43. The number of aryl methyl sites for hydroxylation is 1. The maximum atomic E-state index is 13.5. The fourth-order valence-electron chi connectivity index (χ4n) is 6.28. The fraction of sp³-hybridized carbons (Fsp3) is 0.727. The van der Waals surface area contributed by atoms with E-state index in [4.69, 9.17) is 0 Å². The Hall–Kier alpha value is -1.11. The largest absolute Gasteiger partial charge is 0.392 e. The van der Waals surface area contributed by atoms with Crippen molar-refractivity contribution in [3.63, 3.8) is 0 Å². The standard InChI is InChI=1S/C22H34N2O3S/c1-16-7-5-6-8-19(16)23-11-12-24(17(2)14-23)28(26,27)15-22-10-9-18(13-20(22)25)21(22,3)4/h5-8,17-18,20,25H,9-15H2,1-4H3/t17?,18-,20-,22-/m0/s1. The Balaban J connectivity index is 1.53. The van der Waals surface area contributed by atoms with Crippen LogP contribution in [0.2, 0.25) is 0 Å². The number of aliphatic hydroxyl groups is 1. The minimum atomic E-state index is -3.43. The molecule has 0 aromatic heterocycles. The van der Waals surface area contributed by atoms with Gasteiger partial charge in [0.25, 0.3) is 0 Å². The Morgan fingerprint density at radius 2 is 1.93 bits per heavy atom. The van der Waals surface area contributed by atoms with Crippen LogP contribution in [0, 0.1) is 23.7 Å². The van der Waals surface area contributed by atoms with Gasteiger partial charge in [-0.3, -0.25) is 0 Å². The lowest BCUT2D eigenvalue weighted by molar-refractivity contribution is 0.0143. The van der Waals surface area contributed by atoms with Crippen molar-refractivity contribution in [3.05, 3.63) is 29.8 Å². The van der Waals surface area contributed by atoms with Crippen LogP contribution in [0.15, 0.2) is 24.3 Å². The van der Waals surface area contributed by atoms with Gasteiger partial charge in [0, 0.05) is 36.8 Å². The van der Waals surface area contributed by atoms with Gasteiger partial charge in [-0.05, 0) is 56.1 Å². The molecule has 1 saturated heterocycles. The molecule has 2 saturated carbocycles. The SMILES string of the molecule is Cc1ccccc1N1CCN(S(=O)(=O)C[C@@]23CC[C@@H](C[C@@H]2O)C3(C)C)C(C)C1. The minimum Gasteiger partial charge on any atom is -0.392 e. The summed E-state index contributed by atoms with van der Waals surface area (Å²) < 4.78 is 28.6. The molecule has 1 unspecified atom stereocenters. The smallest absolute Gasteiger partial charge is 0.215 e. The van der Waals surface area contributed by atoms with Crippen molar-refractivity contribution in [1.29, 1.82) is 0 Å². The van der Waals surface area contributed by atoms with Crippen LogP contribution in [0.1, 0.15) is 45.6 Å². The fourth-order valence-corrected chi connectivity index (χ4v) is 8.78. The van der Waals surface area contributed by atoms with E-state index in [1.807, 2.05) is 19.1 Å². The van der Waals surface area contributed by atoms with E-state index in [1.54, 1.807) is 4.31 Å². The lowest BCUT2D eigenvalue weighted by Crippen LogP contribution is -2.57. The van der Waals surface area contributed by atoms with Gasteiger partial charge in [0.05, 0.1) is 11.9 Å². The van der Waals surface area contributed by atoms with Gasteiger partial charge in [-0.2, -0.15) is 4.31 Å². The number of para-hydroxylation sites is 1. The number of anilines is 1. The Bertz CT molecular complexity index is 853. The molecule has 28 heavy (non-hydrogen) atoms. The van der Waals surface area contributed by atoms with E-state index in [0.717, 1.165) is 19.3 Å². The highest BCUT2D eigenvalue weighted by atomic mass is 32.2. The molecular formula is C22H34N2O3S. The third kappa shape index (κ3) is 2.91. The monoisotopic (exact) mass is 406 g/mol. The van der Waals surface area contributed by atoms with Crippen LogP contribution in [0.3, 0.4) is 0 Å². The third-order valence-corrected chi connectivity index (χ3v) is 10.3. The molecule has 0 spiro atoms. The van der Waals surface area contributed by atoms with Crippen molar-refractivity contribution in [2.75, 3.05) is 30.3 Å². The Morgan fingerprint density at radius 3 is 2.50 bits per heavy atom. The summed E-state index contributed by atoms with van der Waals surface area (Å²) in [5, 5.41) is 10.8. The summed E-state index contributed by atoms with van der Waals surface area (Å²) >= 11 is 0. The summed E-state index contributed by atoms with van der Waals surface area (Å²) in [5.74, 6) is 0.521. The van der Waals surface area contributed by atoms with Gasteiger partial charge in [-0.1, -0.05) is 32.0 Å². The molecule has 4 rings (SSSR count). The maximum absolute atomic E-state index is 13.5. The number of nitrogens with zero attached hydrogens (tertiary/aromatic N) is 2. The van der Waals surface area contributed by atoms with Gasteiger partial charge in [0.2, 0.25) is 10.0 Å². The number of benzene rings is 1. The van der Waals surface area contributed by atoms with E-state index in [1.165, 1.54) is 11.3 Å². The third-order valence-electron chi connectivity index (χ3n) is 8.21. The molecule has 2 bridgehead atoms. The van der Waals surface area contributed by atoms with E-state index in [0.29, 0.717) is 25.6 Å². The Morgan fingerprint density at radius 1 is 1.21 bits per heavy atom. The van der Waals surface area contributed by atoms with Gasteiger partial charge in [-0.25, -0.2) is 8.42 Å². The molecule has 1 aromatic rings. The van der Waals surface area contributed by atoms with Crippen LogP contribution in [0.25, 0.3) is 0 Å². The molecule has 1 aliphatic heterocycles. The first-order chi connectivity index (χ1) is 13.1. The first kappa shape index (κ1) is 20.2. The molecular weight excluding hydrogens is 372 g/mol. The summed E-state index contributed by atoms with van der Waals surface area (Å²) in [5.41, 5.74) is 1.79.